The van der Waals surface area contributed by atoms with Gasteiger partial charge in [0.1, 0.15) is 13.1 Å². The molecule has 0 amide bonds. The number of rotatable bonds is 4. The fraction of sp³-hybridized carbons (Fsp3) is 0.286. The molecule has 0 spiro atoms. The van der Waals surface area contributed by atoms with Crippen molar-refractivity contribution in [2.45, 2.75) is 26.9 Å². The zero-order valence-electron chi connectivity index (χ0n) is 9.86. The van der Waals surface area contributed by atoms with E-state index in [1.165, 1.54) is 20.9 Å². The Morgan fingerprint density at radius 1 is 0.938 bits per heavy atom. The maximum atomic E-state index is 2.36. The predicted molar refractivity (Wildman–Crippen MR) is 69.6 cm³/mol. The van der Waals surface area contributed by atoms with Crippen molar-refractivity contribution in [1.29, 1.82) is 0 Å². The molecule has 0 bridgehead atoms. The first-order chi connectivity index (χ1) is 7.74. The maximum absolute atomic E-state index is 2.36. The van der Waals surface area contributed by atoms with Crippen molar-refractivity contribution in [3.63, 3.8) is 0 Å². The second kappa shape index (κ2) is 5.28. The van der Waals surface area contributed by atoms with Crippen LogP contribution in [0.4, 0.5) is 0 Å². The minimum atomic E-state index is 1.07. The van der Waals surface area contributed by atoms with Gasteiger partial charge in [-0.1, -0.05) is 29.8 Å². The molecule has 0 saturated heterocycles. The zero-order valence-corrected chi connectivity index (χ0v) is 10.7. The normalized spacial score (nSPS) is 10.6. The average Bonchev–Trinajstić information content (AvgIpc) is 2.67. The van der Waals surface area contributed by atoms with Crippen molar-refractivity contribution in [2.75, 3.05) is 0 Å². The lowest BCUT2D eigenvalue weighted by atomic mass is 10.1. The third kappa shape index (κ3) is 3.19. The molecule has 1 heterocycles. The molecule has 0 aliphatic carbocycles. The lowest BCUT2D eigenvalue weighted by molar-refractivity contribution is -0.685. The van der Waals surface area contributed by atoms with Gasteiger partial charge in [-0.15, -0.1) is 11.3 Å². The van der Waals surface area contributed by atoms with Crippen LogP contribution in [0.3, 0.4) is 0 Å². The van der Waals surface area contributed by atoms with E-state index in [-0.39, 0.29) is 0 Å². The van der Waals surface area contributed by atoms with Gasteiger partial charge in [-0.2, -0.15) is 0 Å². The molecule has 1 aromatic carbocycles. The Bertz CT molecular complexity index is 442. The molecule has 1 aromatic heterocycles. The van der Waals surface area contributed by atoms with Crippen molar-refractivity contribution in [1.82, 2.24) is 0 Å². The summed E-state index contributed by atoms with van der Waals surface area (Å²) < 4.78 is 0. The van der Waals surface area contributed by atoms with Gasteiger partial charge in [-0.3, -0.25) is 0 Å². The molecule has 0 radical (unpaired) electrons. The number of quaternary nitrogens is 1. The van der Waals surface area contributed by atoms with E-state index in [2.05, 4.69) is 55.6 Å². The Kier molecular flexibility index (Phi) is 3.75. The average molecular weight is 232 g/mol. The molecule has 2 rings (SSSR count). The molecule has 0 fully saturated rings. The predicted octanol–water partition coefficient (Wildman–Crippen LogP) is 2.63. The van der Waals surface area contributed by atoms with Gasteiger partial charge >= 0.3 is 0 Å². The van der Waals surface area contributed by atoms with Crippen LogP contribution in [0.25, 0.3) is 0 Å². The largest absolute Gasteiger partial charge is 0.338 e. The van der Waals surface area contributed by atoms with Crippen LogP contribution >= 0.6 is 11.3 Å². The first-order valence-corrected chi connectivity index (χ1v) is 6.48. The highest BCUT2D eigenvalue weighted by molar-refractivity contribution is 7.11. The summed E-state index contributed by atoms with van der Waals surface area (Å²) in [6.07, 6.45) is 0. The molecule has 0 unspecified atom stereocenters. The highest BCUT2D eigenvalue weighted by Gasteiger charge is 1.99. The van der Waals surface area contributed by atoms with Crippen molar-refractivity contribution < 1.29 is 5.32 Å². The minimum absolute atomic E-state index is 1.07. The van der Waals surface area contributed by atoms with Gasteiger partial charge in [0.05, 0.1) is 4.88 Å². The first-order valence-electron chi connectivity index (χ1n) is 5.66. The van der Waals surface area contributed by atoms with Gasteiger partial charge in [-0.25, -0.2) is 0 Å². The van der Waals surface area contributed by atoms with Crippen molar-refractivity contribution in [3.05, 3.63) is 57.3 Å². The minimum Gasteiger partial charge on any atom is -0.338 e. The van der Waals surface area contributed by atoms with Gasteiger partial charge < -0.3 is 5.32 Å². The number of hydrogen-bond donors (Lipinski definition) is 1. The Balaban J connectivity index is 1.82. The van der Waals surface area contributed by atoms with Crippen LogP contribution < -0.4 is 5.32 Å². The molecular weight excluding hydrogens is 214 g/mol. The standard InChI is InChI=1S/C14H17NS/c1-11-3-6-13(7-4-11)9-15-10-14-8-5-12(2)16-14/h3-8,15H,9-10H2,1-2H3/p+1. The van der Waals surface area contributed by atoms with Crippen LogP contribution in [0.15, 0.2) is 36.4 Å². The third-order valence-corrected chi connectivity index (χ3v) is 3.67. The van der Waals surface area contributed by atoms with Crippen molar-refractivity contribution >= 4 is 11.3 Å². The third-order valence-electron chi connectivity index (χ3n) is 2.64. The van der Waals surface area contributed by atoms with E-state index in [0.29, 0.717) is 0 Å². The summed E-state index contributed by atoms with van der Waals surface area (Å²) in [5.41, 5.74) is 2.73. The van der Waals surface area contributed by atoms with E-state index in [0.717, 1.165) is 13.1 Å². The highest BCUT2D eigenvalue weighted by atomic mass is 32.1. The SMILES string of the molecule is Cc1ccc(C[NH2+]Cc2ccc(C)s2)cc1. The lowest BCUT2D eigenvalue weighted by Crippen LogP contribution is -2.80. The lowest BCUT2D eigenvalue weighted by Gasteiger charge is -2.01. The molecule has 0 atom stereocenters. The van der Waals surface area contributed by atoms with Crippen LogP contribution in [0, 0.1) is 13.8 Å². The molecule has 16 heavy (non-hydrogen) atoms. The quantitative estimate of drug-likeness (QED) is 0.834. The van der Waals surface area contributed by atoms with Gasteiger partial charge in [0, 0.05) is 10.4 Å². The van der Waals surface area contributed by atoms with E-state index < -0.39 is 0 Å². The number of thiophene rings is 1. The van der Waals surface area contributed by atoms with E-state index in [9.17, 15) is 0 Å². The smallest absolute Gasteiger partial charge is 0.111 e. The summed E-state index contributed by atoms with van der Waals surface area (Å²) in [6.45, 7) is 6.44. The summed E-state index contributed by atoms with van der Waals surface area (Å²) in [5, 5.41) is 2.36. The molecule has 0 aliphatic rings. The number of benzene rings is 1. The molecule has 0 aliphatic heterocycles. The molecule has 0 saturated carbocycles. The number of hydrogen-bond acceptors (Lipinski definition) is 1. The van der Waals surface area contributed by atoms with E-state index in [1.807, 2.05) is 11.3 Å². The summed E-state index contributed by atoms with van der Waals surface area (Å²) in [7, 11) is 0. The fourth-order valence-electron chi connectivity index (χ4n) is 1.70. The molecular formula is C14H18NS+. The first kappa shape index (κ1) is 11.4. The van der Waals surface area contributed by atoms with Gasteiger partial charge in [0.2, 0.25) is 0 Å². The fourth-order valence-corrected chi connectivity index (χ4v) is 2.59. The molecule has 2 N–H and O–H groups in total. The van der Waals surface area contributed by atoms with Gasteiger partial charge in [-0.05, 0) is 26.0 Å². The maximum Gasteiger partial charge on any atom is 0.111 e. The van der Waals surface area contributed by atoms with Crippen LogP contribution in [0.5, 0.6) is 0 Å². The van der Waals surface area contributed by atoms with Crippen molar-refractivity contribution in [2.24, 2.45) is 0 Å². The number of nitrogens with two attached hydrogens (primary N) is 1. The Morgan fingerprint density at radius 3 is 2.31 bits per heavy atom. The van der Waals surface area contributed by atoms with E-state index in [1.54, 1.807) is 0 Å². The van der Waals surface area contributed by atoms with Crippen molar-refractivity contribution in [3.8, 4) is 0 Å². The monoisotopic (exact) mass is 232 g/mol. The van der Waals surface area contributed by atoms with Crippen LogP contribution in [-0.4, -0.2) is 0 Å². The number of aryl methyl sites for hydroxylation is 2. The van der Waals surface area contributed by atoms with Crippen LogP contribution in [-0.2, 0) is 13.1 Å². The molecule has 84 valence electrons. The summed E-state index contributed by atoms with van der Waals surface area (Å²) >= 11 is 1.89. The molecule has 1 nitrogen and oxygen atoms in total. The van der Waals surface area contributed by atoms with Gasteiger partial charge in [0.15, 0.2) is 0 Å². The molecule has 2 heteroatoms. The Morgan fingerprint density at radius 2 is 1.69 bits per heavy atom. The van der Waals surface area contributed by atoms with E-state index in [4.69, 9.17) is 0 Å². The Hall–Kier alpha value is -1.12. The summed E-state index contributed by atoms with van der Waals surface area (Å²) in [5.74, 6) is 0. The van der Waals surface area contributed by atoms with Crippen LogP contribution in [0.1, 0.15) is 20.9 Å². The topological polar surface area (TPSA) is 16.6 Å². The highest BCUT2D eigenvalue weighted by Crippen LogP contribution is 2.13. The van der Waals surface area contributed by atoms with Gasteiger partial charge in [0.25, 0.3) is 0 Å². The zero-order chi connectivity index (χ0) is 11.4. The second-order valence-corrected chi connectivity index (χ2v) is 5.57. The summed E-state index contributed by atoms with van der Waals surface area (Å²) in [6, 6.07) is 13.2. The Labute approximate surface area is 101 Å². The second-order valence-electron chi connectivity index (χ2n) is 4.19. The summed E-state index contributed by atoms with van der Waals surface area (Å²) in [4.78, 5) is 2.86. The molecule has 2 aromatic rings. The van der Waals surface area contributed by atoms with E-state index >= 15 is 0 Å². The van der Waals surface area contributed by atoms with Crippen LogP contribution in [0.2, 0.25) is 0 Å².